The van der Waals surface area contributed by atoms with E-state index in [4.69, 9.17) is 23.8 Å². The Morgan fingerprint density at radius 1 is 1.06 bits per heavy atom. The maximum Gasteiger partial charge on any atom is 0.262 e. The largest absolute Gasteiger partial charge is 0.347 e. The zero-order valence-electron chi connectivity index (χ0n) is 17.7. The Hall–Kier alpha value is -2.97. The van der Waals surface area contributed by atoms with Crippen molar-refractivity contribution in [2.24, 2.45) is 0 Å². The van der Waals surface area contributed by atoms with Crippen LogP contribution in [0.25, 0.3) is 10.9 Å². The zero-order valence-corrected chi connectivity index (χ0v) is 19.3. The number of aromatic nitrogens is 2. The van der Waals surface area contributed by atoms with Gasteiger partial charge in [0.25, 0.3) is 5.56 Å². The summed E-state index contributed by atoms with van der Waals surface area (Å²) in [7, 11) is 0. The van der Waals surface area contributed by atoms with E-state index in [9.17, 15) is 14.4 Å². The molecule has 2 aromatic carbocycles. The number of unbranched alkanes of at least 4 members (excludes halogenated alkanes) is 2. The number of halogens is 1. The molecule has 0 aliphatic rings. The summed E-state index contributed by atoms with van der Waals surface area (Å²) in [6, 6.07) is 12.5. The van der Waals surface area contributed by atoms with Gasteiger partial charge in [-0.25, -0.2) is 0 Å². The van der Waals surface area contributed by atoms with Gasteiger partial charge in [-0.2, -0.15) is 0 Å². The van der Waals surface area contributed by atoms with Crippen LogP contribution in [-0.2, 0) is 16.1 Å². The molecule has 0 atom stereocenters. The molecule has 3 rings (SSSR count). The summed E-state index contributed by atoms with van der Waals surface area (Å²) in [6.45, 7) is 2.20. The molecule has 9 heteroatoms. The molecular weight excluding hydrogens is 448 g/mol. The molecule has 1 aromatic heterocycles. The third-order valence-corrected chi connectivity index (χ3v) is 5.89. The number of para-hydroxylation sites is 1. The number of hydrogen-bond acceptors (Lipinski definition) is 4. The second-order valence-electron chi connectivity index (χ2n) is 7.48. The fourth-order valence-corrected chi connectivity index (χ4v) is 3.80. The highest BCUT2D eigenvalue weighted by atomic mass is 35.5. The first kappa shape index (κ1) is 23.7. The van der Waals surface area contributed by atoms with Crippen molar-refractivity contribution in [2.75, 3.05) is 11.9 Å². The van der Waals surface area contributed by atoms with Crippen molar-refractivity contribution < 1.29 is 9.59 Å². The van der Waals surface area contributed by atoms with E-state index >= 15 is 0 Å². The average Bonchev–Trinajstić information content (AvgIpc) is 2.77. The number of fused-ring (bicyclic) bond motifs is 1. The van der Waals surface area contributed by atoms with Gasteiger partial charge < -0.3 is 15.6 Å². The van der Waals surface area contributed by atoms with Crippen molar-refractivity contribution in [3.05, 3.63) is 68.2 Å². The summed E-state index contributed by atoms with van der Waals surface area (Å²) < 4.78 is 1.95. The molecular formula is C23H25ClN4O3S. The number of benzene rings is 2. The van der Waals surface area contributed by atoms with Crippen LogP contribution in [0.5, 0.6) is 0 Å². The Kier molecular flexibility index (Phi) is 8.19. The normalized spacial score (nSPS) is 10.8. The summed E-state index contributed by atoms with van der Waals surface area (Å²) in [5, 5.41) is 6.54. The van der Waals surface area contributed by atoms with Crippen molar-refractivity contribution in [2.45, 2.75) is 39.2 Å². The molecule has 0 aliphatic heterocycles. The number of aromatic amines is 1. The Morgan fingerprint density at radius 3 is 2.66 bits per heavy atom. The Morgan fingerprint density at radius 2 is 1.84 bits per heavy atom. The highest BCUT2D eigenvalue weighted by molar-refractivity contribution is 7.71. The fourth-order valence-electron chi connectivity index (χ4n) is 3.34. The molecule has 168 valence electrons. The van der Waals surface area contributed by atoms with Gasteiger partial charge in [0.1, 0.15) is 0 Å². The first-order chi connectivity index (χ1) is 15.4. The molecule has 0 aliphatic carbocycles. The Labute approximate surface area is 195 Å². The van der Waals surface area contributed by atoms with Crippen molar-refractivity contribution in [3.63, 3.8) is 0 Å². The van der Waals surface area contributed by atoms with E-state index in [1.165, 1.54) is 0 Å². The third kappa shape index (κ3) is 6.05. The minimum absolute atomic E-state index is 0.105. The third-order valence-electron chi connectivity index (χ3n) is 5.16. The summed E-state index contributed by atoms with van der Waals surface area (Å²) in [4.78, 5) is 39.8. The van der Waals surface area contributed by atoms with Gasteiger partial charge in [-0.05, 0) is 61.8 Å². The summed E-state index contributed by atoms with van der Waals surface area (Å²) in [6.07, 6.45) is 2.44. The highest BCUT2D eigenvalue weighted by Gasteiger charge is 2.09. The molecule has 0 fully saturated rings. The molecule has 0 bridgehead atoms. The first-order valence-corrected chi connectivity index (χ1v) is 11.2. The number of amides is 2. The highest BCUT2D eigenvalue weighted by Crippen LogP contribution is 2.22. The van der Waals surface area contributed by atoms with Crippen molar-refractivity contribution in [1.82, 2.24) is 14.9 Å². The van der Waals surface area contributed by atoms with E-state index in [0.717, 1.165) is 23.9 Å². The maximum atomic E-state index is 12.6. The molecule has 0 spiro atoms. The van der Waals surface area contributed by atoms with E-state index < -0.39 is 0 Å². The molecule has 0 saturated heterocycles. The van der Waals surface area contributed by atoms with Crippen LogP contribution in [0.2, 0.25) is 5.02 Å². The quantitative estimate of drug-likeness (QED) is 0.319. The Balaban J connectivity index is 1.39. The second-order valence-corrected chi connectivity index (χ2v) is 8.27. The monoisotopic (exact) mass is 472 g/mol. The van der Waals surface area contributed by atoms with Crippen LogP contribution in [0.4, 0.5) is 5.69 Å². The number of nitrogens with zero attached hydrogens (tertiary/aromatic N) is 1. The smallest absolute Gasteiger partial charge is 0.262 e. The number of H-pyrrole nitrogens is 1. The summed E-state index contributed by atoms with van der Waals surface area (Å²) in [5.74, 6) is -0.503. The molecule has 1 heterocycles. The molecule has 0 unspecified atom stereocenters. The van der Waals surface area contributed by atoms with Crippen molar-refractivity contribution in [3.8, 4) is 0 Å². The van der Waals surface area contributed by atoms with Gasteiger partial charge in [0.05, 0.1) is 17.4 Å². The molecule has 2 amide bonds. The number of nitrogens with one attached hydrogen (secondary N) is 3. The predicted molar refractivity (Wildman–Crippen MR) is 130 cm³/mol. The lowest BCUT2D eigenvalue weighted by Crippen LogP contribution is -2.32. The first-order valence-electron chi connectivity index (χ1n) is 10.4. The number of rotatable bonds is 9. The number of anilines is 1. The molecule has 32 heavy (non-hydrogen) atoms. The molecule has 7 nitrogen and oxygen atoms in total. The van der Waals surface area contributed by atoms with Gasteiger partial charge in [0.2, 0.25) is 11.8 Å². The summed E-state index contributed by atoms with van der Waals surface area (Å²) >= 11 is 11.3. The van der Waals surface area contributed by atoms with E-state index in [-0.39, 0.29) is 23.9 Å². The van der Waals surface area contributed by atoms with Crippen LogP contribution in [-0.4, -0.2) is 27.9 Å². The standard InChI is InChI=1S/C23H25ClN4O3S/c1-15-17(24)9-7-11-18(15)26-21(30)14-25-20(29)12-3-2-6-13-28-22(31)16-8-4-5-10-19(16)27-23(28)32/h4-5,7-11H,2-3,6,12-14H2,1H3,(H,25,29)(H,26,30)(H,27,32). The number of hydrogen-bond donors (Lipinski definition) is 3. The van der Waals surface area contributed by atoms with Gasteiger partial charge in [0, 0.05) is 23.7 Å². The van der Waals surface area contributed by atoms with Gasteiger partial charge in [0.15, 0.2) is 4.77 Å². The lowest BCUT2D eigenvalue weighted by molar-refractivity contribution is -0.124. The number of carbonyl (C=O) groups is 2. The molecule has 0 saturated carbocycles. The predicted octanol–water partition coefficient (Wildman–Crippen LogP) is 4.34. The maximum absolute atomic E-state index is 12.6. The lowest BCUT2D eigenvalue weighted by atomic mass is 10.2. The molecule has 3 N–H and O–H groups in total. The van der Waals surface area contributed by atoms with Gasteiger partial charge in [-0.15, -0.1) is 0 Å². The van der Waals surface area contributed by atoms with Gasteiger partial charge in [-0.1, -0.05) is 36.2 Å². The van der Waals surface area contributed by atoms with Crippen LogP contribution >= 0.6 is 23.8 Å². The van der Waals surface area contributed by atoms with Crippen molar-refractivity contribution >= 4 is 52.2 Å². The van der Waals surface area contributed by atoms with Gasteiger partial charge >= 0.3 is 0 Å². The molecule has 3 aromatic rings. The van der Waals surface area contributed by atoms with Crippen LogP contribution in [0.15, 0.2) is 47.3 Å². The van der Waals surface area contributed by atoms with Gasteiger partial charge in [-0.3, -0.25) is 19.0 Å². The minimum Gasteiger partial charge on any atom is -0.347 e. The Bertz CT molecular complexity index is 1250. The van der Waals surface area contributed by atoms with E-state index in [1.54, 1.807) is 28.8 Å². The fraction of sp³-hybridized carbons (Fsp3) is 0.304. The molecule has 0 radical (unpaired) electrons. The zero-order chi connectivity index (χ0) is 23.1. The van der Waals surface area contributed by atoms with E-state index in [2.05, 4.69) is 15.6 Å². The van der Waals surface area contributed by atoms with E-state index in [0.29, 0.717) is 40.3 Å². The van der Waals surface area contributed by atoms with Crippen LogP contribution < -0.4 is 16.2 Å². The van der Waals surface area contributed by atoms with Crippen LogP contribution in [0.3, 0.4) is 0 Å². The minimum atomic E-state index is -0.311. The second kappa shape index (κ2) is 11.1. The SMILES string of the molecule is Cc1c(Cl)cccc1NC(=O)CNC(=O)CCCCCn1c(=S)[nH]c2ccccc2c1=O. The van der Waals surface area contributed by atoms with Crippen LogP contribution in [0.1, 0.15) is 31.2 Å². The van der Waals surface area contributed by atoms with Crippen molar-refractivity contribution in [1.29, 1.82) is 0 Å². The van der Waals surface area contributed by atoms with E-state index in [1.807, 2.05) is 25.1 Å². The van der Waals surface area contributed by atoms with Crippen LogP contribution in [0, 0.1) is 11.7 Å². The average molecular weight is 473 g/mol. The topological polar surface area (TPSA) is 96.0 Å². The number of carbonyl (C=O) groups excluding carboxylic acids is 2. The summed E-state index contributed by atoms with van der Waals surface area (Å²) in [5.41, 5.74) is 2.02. The lowest BCUT2D eigenvalue weighted by Gasteiger charge is -2.10.